The molecule has 7 heteroatoms. The van der Waals surface area contributed by atoms with Crippen molar-refractivity contribution in [3.63, 3.8) is 0 Å². The topological polar surface area (TPSA) is 95.1 Å². The highest BCUT2D eigenvalue weighted by molar-refractivity contribution is 7.99. The fourth-order valence-electron chi connectivity index (χ4n) is 2.55. The highest BCUT2D eigenvalue weighted by Gasteiger charge is 2.22. The predicted molar refractivity (Wildman–Crippen MR) is 109 cm³/mol. The summed E-state index contributed by atoms with van der Waals surface area (Å²) in [7, 11) is 0. The first-order chi connectivity index (χ1) is 12.7. The monoisotopic (exact) mass is 389 g/mol. The number of nitrogens with zero attached hydrogens (tertiary/aromatic N) is 2. The molecule has 0 fully saturated rings. The number of nitrogens with two attached hydrogens (primary N) is 1. The van der Waals surface area contributed by atoms with Crippen molar-refractivity contribution >= 4 is 34.4 Å². The Morgan fingerprint density at radius 3 is 2.52 bits per heavy atom. The molecule has 0 atom stereocenters. The quantitative estimate of drug-likeness (QED) is 0.404. The number of thioether (sulfide) groups is 1. The number of fused-ring (bicyclic) bond motifs is 1. The van der Waals surface area contributed by atoms with Crippen molar-refractivity contribution in [2.45, 2.75) is 58.2 Å². The van der Waals surface area contributed by atoms with Gasteiger partial charge in [-0.2, -0.15) is 0 Å². The van der Waals surface area contributed by atoms with E-state index >= 15 is 0 Å². The van der Waals surface area contributed by atoms with Crippen LogP contribution in [0.3, 0.4) is 0 Å². The van der Waals surface area contributed by atoms with E-state index in [2.05, 4.69) is 4.98 Å². The van der Waals surface area contributed by atoms with Gasteiger partial charge in [0.25, 0.3) is 5.56 Å². The molecule has 0 unspecified atom stereocenters. The molecule has 6 nitrogen and oxygen atoms in total. The zero-order valence-corrected chi connectivity index (χ0v) is 17.0. The van der Waals surface area contributed by atoms with Crippen LogP contribution in [-0.4, -0.2) is 27.0 Å². The fourth-order valence-corrected chi connectivity index (χ4v) is 3.73. The van der Waals surface area contributed by atoms with E-state index < -0.39 is 5.41 Å². The summed E-state index contributed by atoms with van der Waals surface area (Å²) < 4.78 is 1.65. The average Bonchev–Trinajstić information content (AvgIpc) is 2.60. The number of Topliss-reactive ketones (excluding diaryl/α,β-unsaturated/α-hetero) is 1. The summed E-state index contributed by atoms with van der Waals surface area (Å²) in [6.07, 6.45) is 2.60. The highest BCUT2D eigenvalue weighted by Crippen LogP contribution is 2.23. The maximum Gasteiger partial charge on any atom is 0.262 e. The summed E-state index contributed by atoms with van der Waals surface area (Å²) in [5.74, 6) is 0.0788. The van der Waals surface area contributed by atoms with Crippen LogP contribution in [0.2, 0.25) is 0 Å². The number of benzene rings is 1. The van der Waals surface area contributed by atoms with Gasteiger partial charge < -0.3 is 5.73 Å². The van der Waals surface area contributed by atoms with Gasteiger partial charge in [0.15, 0.2) is 5.16 Å². The molecule has 1 amide bonds. The summed E-state index contributed by atoms with van der Waals surface area (Å²) >= 11 is 1.31. The van der Waals surface area contributed by atoms with E-state index in [1.165, 1.54) is 11.8 Å². The smallest absolute Gasteiger partial charge is 0.262 e. The van der Waals surface area contributed by atoms with Crippen molar-refractivity contribution in [3.8, 4) is 0 Å². The summed E-state index contributed by atoms with van der Waals surface area (Å²) in [6.45, 7) is 6.15. The zero-order chi connectivity index (χ0) is 20.0. The predicted octanol–water partition coefficient (Wildman–Crippen LogP) is 3.15. The fraction of sp³-hybridized carbons (Fsp3) is 0.500. The van der Waals surface area contributed by atoms with Crippen LogP contribution in [0.15, 0.2) is 34.2 Å². The summed E-state index contributed by atoms with van der Waals surface area (Å²) in [5, 5.41) is 1.13. The third-order valence-corrected chi connectivity index (χ3v) is 5.28. The van der Waals surface area contributed by atoms with Crippen LogP contribution < -0.4 is 11.3 Å². The van der Waals surface area contributed by atoms with E-state index in [1.807, 2.05) is 39.0 Å². The number of amides is 1. The Bertz CT molecular complexity index is 884. The first-order valence-corrected chi connectivity index (χ1v) is 10.1. The molecule has 2 rings (SSSR count). The second-order valence-electron chi connectivity index (χ2n) is 7.61. The minimum atomic E-state index is -0.427. The lowest BCUT2D eigenvalue weighted by Gasteiger charge is -2.17. The molecule has 1 aromatic carbocycles. The van der Waals surface area contributed by atoms with E-state index in [4.69, 9.17) is 5.73 Å². The number of carbonyl (C=O) groups excluding carboxylic acids is 2. The number of primary amides is 1. The number of hydrogen-bond acceptors (Lipinski definition) is 5. The van der Waals surface area contributed by atoms with Crippen LogP contribution in [0, 0.1) is 5.41 Å². The van der Waals surface area contributed by atoms with Crippen LogP contribution in [0.5, 0.6) is 0 Å². The van der Waals surface area contributed by atoms with Gasteiger partial charge in [0.05, 0.1) is 16.7 Å². The lowest BCUT2D eigenvalue weighted by Crippen LogP contribution is -2.26. The van der Waals surface area contributed by atoms with Crippen molar-refractivity contribution in [1.29, 1.82) is 0 Å². The van der Waals surface area contributed by atoms with Crippen molar-refractivity contribution in [2.75, 3.05) is 5.75 Å². The molecule has 0 saturated carbocycles. The van der Waals surface area contributed by atoms with Gasteiger partial charge in [0.1, 0.15) is 5.78 Å². The number of unbranched alkanes of at least 4 members (excludes halogenated alkanes) is 2. The van der Waals surface area contributed by atoms with Crippen LogP contribution >= 0.6 is 11.8 Å². The molecule has 0 spiro atoms. The van der Waals surface area contributed by atoms with Gasteiger partial charge in [0.2, 0.25) is 5.91 Å². The summed E-state index contributed by atoms with van der Waals surface area (Å²) in [5.41, 5.74) is 5.27. The Morgan fingerprint density at radius 1 is 1.15 bits per heavy atom. The molecule has 0 saturated heterocycles. The van der Waals surface area contributed by atoms with Gasteiger partial charge in [-0.25, -0.2) is 4.98 Å². The van der Waals surface area contributed by atoms with Crippen molar-refractivity contribution in [3.05, 3.63) is 34.6 Å². The Labute approximate surface area is 163 Å². The number of aromatic nitrogens is 2. The molecule has 0 radical (unpaired) electrons. The molecular formula is C20H27N3O3S. The molecule has 2 aromatic rings. The zero-order valence-electron chi connectivity index (χ0n) is 16.2. The van der Waals surface area contributed by atoms with Crippen LogP contribution in [0.4, 0.5) is 0 Å². The second-order valence-corrected chi connectivity index (χ2v) is 8.55. The van der Waals surface area contributed by atoms with E-state index in [1.54, 1.807) is 10.6 Å². The average molecular weight is 390 g/mol. The molecule has 146 valence electrons. The number of hydrogen-bond donors (Lipinski definition) is 1. The van der Waals surface area contributed by atoms with Gasteiger partial charge in [-0.1, -0.05) is 51.1 Å². The molecule has 0 bridgehead atoms. The molecule has 1 heterocycles. The molecule has 0 aliphatic carbocycles. The number of rotatable bonds is 9. The summed E-state index contributed by atoms with van der Waals surface area (Å²) in [4.78, 5) is 40.6. The van der Waals surface area contributed by atoms with E-state index in [9.17, 15) is 14.4 Å². The standard InChI is InChI=1S/C20H27N3O3S/c1-20(2,3)16(24)13-27-19-22-15-10-7-6-9-14(15)18(26)23(19)12-8-4-5-11-17(21)25/h6-7,9-10H,4-5,8,11-13H2,1-3H3,(H2,21,25). The Kier molecular flexibility index (Phi) is 7.18. The van der Waals surface area contributed by atoms with Gasteiger partial charge in [-0.15, -0.1) is 0 Å². The second kappa shape index (κ2) is 9.17. The largest absolute Gasteiger partial charge is 0.370 e. The Morgan fingerprint density at radius 2 is 1.85 bits per heavy atom. The van der Waals surface area contributed by atoms with E-state index in [-0.39, 0.29) is 23.0 Å². The normalized spacial score (nSPS) is 11.7. The third-order valence-electron chi connectivity index (χ3n) is 4.30. The van der Waals surface area contributed by atoms with Gasteiger partial charge in [-0.3, -0.25) is 19.0 Å². The minimum absolute atomic E-state index is 0.0961. The van der Waals surface area contributed by atoms with Gasteiger partial charge >= 0.3 is 0 Å². The molecule has 0 aliphatic heterocycles. The van der Waals surface area contributed by atoms with Crippen molar-refractivity contribution in [1.82, 2.24) is 9.55 Å². The van der Waals surface area contributed by atoms with Crippen LogP contribution in [0.1, 0.15) is 46.5 Å². The third kappa shape index (κ3) is 5.92. The highest BCUT2D eigenvalue weighted by atomic mass is 32.2. The molecule has 1 aromatic heterocycles. The lowest BCUT2D eigenvalue weighted by molar-refractivity contribution is -0.123. The molecule has 27 heavy (non-hydrogen) atoms. The van der Waals surface area contributed by atoms with E-state index in [0.717, 1.165) is 12.8 Å². The van der Waals surface area contributed by atoms with Gasteiger partial charge in [0, 0.05) is 18.4 Å². The molecule has 0 aliphatic rings. The number of carbonyl (C=O) groups is 2. The number of para-hydroxylation sites is 1. The van der Waals surface area contributed by atoms with Crippen molar-refractivity contribution in [2.24, 2.45) is 11.1 Å². The summed E-state index contributed by atoms with van der Waals surface area (Å²) in [6, 6.07) is 7.24. The van der Waals surface area contributed by atoms with E-state index in [0.29, 0.717) is 35.4 Å². The van der Waals surface area contributed by atoms with Crippen LogP contribution in [0.25, 0.3) is 10.9 Å². The first-order valence-electron chi connectivity index (χ1n) is 9.14. The first kappa shape index (κ1) is 21.2. The maximum absolute atomic E-state index is 12.9. The van der Waals surface area contributed by atoms with Crippen molar-refractivity contribution < 1.29 is 9.59 Å². The molecular weight excluding hydrogens is 362 g/mol. The Hall–Kier alpha value is -2.15. The maximum atomic E-state index is 12.9. The van der Waals surface area contributed by atoms with Crippen LogP contribution in [-0.2, 0) is 16.1 Å². The minimum Gasteiger partial charge on any atom is -0.370 e. The SMILES string of the molecule is CC(C)(C)C(=O)CSc1nc2ccccc2c(=O)n1CCCCCC(N)=O. The Balaban J connectivity index is 2.23. The van der Waals surface area contributed by atoms with Gasteiger partial charge in [-0.05, 0) is 25.0 Å². The lowest BCUT2D eigenvalue weighted by atomic mass is 9.92. The number of ketones is 1. The molecule has 2 N–H and O–H groups in total.